The van der Waals surface area contributed by atoms with Crippen molar-refractivity contribution < 1.29 is 14.8 Å². The van der Waals surface area contributed by atoms with Crippen molar-refractivity contribution in [1.82, 2.24) is 0 Å². The second kappa shape index (κ2) is 8.58. The molecule has 0 bridgehead atoms. The van der Waals surface area contributed by atoms with Gasteiger partial charge < -0.3 is 16.6 Å². The highest BCUT2D eigenvalue weighted by atomic mass is 79.9. The van der Waals surface area contributed by atoms with Crippen LogP contribution in [0.3, 0.4) is 0 Å². The lowest BCUT2D eigenvalue weighted by Gasteiger charge is -1.98. The Morgan fingerprint density at radius 3 is 2.50 bits per heavy atom. The summed E-state index contributed by atoms with van der Waals surface area (Å²) < 4.78 is 0.538. The molecule has 10 heteroatoms. The highest BCUT2D eigenvalue weighted by Gasteiger charge is 2.14. The molecule has 0 aliphatic rings. The van der Waals surface area contributed by atoms with Gasteiger partial charge in [-0.15, -0.1) is 5.10 Å². The predicted octanol–water partition coefficient (Wildman–Crippen LogP) is 1.06. The van der Waals surface area contributed by atoms with Crippen LogP contribution in [0.1, 0.15) is 12.5 Å². The Kier molecular flexibility index (Phi) is 7.52. The van der Waals surface area contributed by atoms with Crippen LogP contribution in [-0.2, 0) is 4.79 Å². The SMILES string of the molecule is CC(=O)O.NC(N)=N/N=C/c1c(Br)cccc1[N+](=O)[O-]. The number of guanidine groups is 1. The number of rotatable bonds is 3. The lowest BCUT2D eigenvalue weighted by molar-refractivity contribution is -0.385. The minimum absolute atomic E-state index is 0.0797. The van der Waals surface area contributed by atoms with Crippen LogP contribution in [0.15, 0.2) is 32.9 Å². The molecule has 0 atom stereocenters. The zero-order chi connectivity index (χ0) is 15.7. The third-order valence-electron chi connectivity index (χ3n) is 1.59. The third kappa shape index (κ3) is 7.06. The van der Waals surface area contributed by atoms with Gasteiger partial charge in [0, 0.05) is 17.5 Å². The zero-order valence-electron chi connectivity index (χ0n) is 10.4. The van der Waals surface area contributed by atoms with Gasteiger partial charge in [0.2, 0.25) is 5.96 Å². The number of nitrogens with two attached hydrogens (primary N) is 2. The molecule has 0 aromatic heterocycles. The minimum Gasteiger partial charge on any atom is -0.481 e. The average Bonchev–Trinajstić information content (AvgIpc) is 2.29. The van der Waals surface area contributed by atoms with Crippen LogP contribution in [0.4, 0.5) is 5.69 Å². The van der Waals surface area contributed by atoms with E-state index in [0.29, 0.717) is 10.0 Å². The number of benzene rings is 1. The Morgan fingerprint density at radius 2 is 2.05 bits per heavy atom. The fourth-order valence-corrected chi connectivity index (χ4v) is 1.42. The maximum absolute atomic E-state index is 10.7. The third-order valence-corrected chi connectivity index (χ3v) is 2.28. The molecule has 0 aliphatic heterocycles. The second-order valence-electron chi connectivity index (χ2n) is 3.22. The van der Waals surface area contributed by atoms with Crippen LogP contribution < -0.4 is 11.5 Å². The minimum atomic E-state index is -0.833. The molecule has 1 aromatic rings. The molecule has 0 saturated heterocycles. The molecular formula is C10H12BrN5O4. The number of hydrogen-bond donors (Lipinski definition) is 3. The number of nitro groups is 1. The van der Waals surface area contributed by atoms with E-state index in [4.69, 9.17) is 21.4 Å². The van der Waals surface area contributed by atoms with Gasteiger partial charge in [0.15, 0.2) is 0 Å². The molecule has 0 radical (unpaired) electrons. The van der Waals surface area contributed by atoms with E-state index in [-0.39, 0.29) is 11.6 Å². The first-order valence-corrected chi connectivity index (χ1v) is 5.79. The molecule has 0 heterocycles. The summed E-state index contributed by atoms with van der Waals surface area (Å²) in [6.45, 7) is 1.08. The Hall–Kier alpha value is -2.49. The van der Waals surface area contributed by atoms with Crippen molar-refractivity contribution in [3.8, 4) is 0 Å². The van der Waals surface area contributed by atoms with Crippen molar-refractivity contribution in [1.29, 1.82) is 0 Å². The molecule has 0 fully saturated rings. The van der Waals surface area contributed by atoms with Gasteiger partial charge in [-0.25, -0.2) is 0 Å². The van der Waals surface area contributed by atoms with Gasteiger partial charge in [-0.05, 0) is 22.0 Å². The van der Waals surface area contributed by atoms with Crippen LogP contribution >= 0.6 is 15.9 Å². The predicted molar refractivity (Wildman–Crippen MR) is 77.5 cm³/mol. The van der Waals surface area contributed by atoms with E-state index in [2.05, 4.69) is 26.1 Å². The van der Waals surface area contributed by atoms with Gasteiger partial charge in [-0.2, -0.15) is 5.10 Å². The molecule has 0 amide bonds. The van der Waals surface area contributed by atoms with Gasteiger partial charge >= 0.3 is 0 Å². The molecule has 1 aromatic carbocycles. The number of halogens is 1. The largest absolute Gasteiger partial charge is 0.481 e. The Balaban J connectivity index is 0.000000796. The van der Waals surface area contributed by atoms with Gasteiger partial charge in [0.05, 0.1) is 16.7 Å². The van der Waals surface area contributed by atoms with Crippen LogP contribution in [0.5, 0.6) is 0 Å². The van der Waals surface area contributed by atoms with Crippen molar-refractivity contribution in [2.45, 2.75) is 6.92 Å². The Bertz CT molecular complexity index is 551. The van der Waals surface area contributed by atoms with Crippen LogP contribution in [-0.4, -0.2) is 28.2 Å². The molecule has 20 heavy (non-hydrogen) atoms. The highest BCUT2D eigenvalue weighted by molar-refractivity contribution is 9.10. The number of carboxylic acid groups (broad SMARTS) is 1. The number of carbonyl (C=O) groups is 1. The molecular weight excluding hydrogens is 334 g/mol. The number of hydrogen-bond acceptors (Lipinski definition) is 5. The fraction of sp³-hybridized carbons (Fsp3) is 0.100. The van der Waals surface area contributed by atoms with E-state index in [1.807, 2.05) is 0 Å². The van der Waals surface area contributed by atoms with E-state index >= 15 is 0 Å². The van der Waals surface area contributed by atoms with Crippen molar-refractivity contribution in [2.24, 2.45) is 21.7 Å². The smallest absolute Gasteiger partial charge is 0.300 e. The number of nitro benzene ring substituents is 1. The number of nitrogens with zero attached hydrogens (tertiary/aromatic N) is 3. The zero-order valence-corrected chi connectivity index (χ0v) is 11.9. The summed E-state index contributed by atoms with van der Waals surface area (Å²) in [6.07, 6.45) is 1.21. The summed E-state index contributed by atoms with van der Waals surface area (Å²) in [6, 6.07) is 4.58. The molecule has 0 aliphatic carbocycles. The topological polar surface area (TPSA) is 157 Å². The summed E-state index contributed by atoms with van der Waals surface area (Å²) in [4.78, 5) is 19.2. The molecule has 1 rings (SSSR count). The van der Waals surface area contributed by atoms with Gasteiger partial charge in [-0.1, -0.05) is 6.07 Å². The van der Waals surface area contributed by atoms with E-state index in [1.165, 1.54) is 12.3 Å². The average molecular weight is 346 g/mol. The highest BCUT2D eigenvalue weighted by Crippen LogP contribution is 2.24. The first kappa shape index (κ1) is 17.5. The van der Waals surface area contributed by atoms with Crippen LogP contribution in [0.25, 0.3) is 0 Å². The quantitative estimate of drug-likeness (QED) is 0.321. The summed E-state index contributed by atoms with van der Waals surface area (Å²) >= 11 is 3.18. The Labute approximate surface area is 122 Å². The van der Waals surface area contributed by atoms with Crippen molar-refractivity contribution >= 4 is 39.8 Å². The van der Waals surface area contributed by atoms with Crippen molar-refractivity contribution in [2.75, 3.05) is 0 Å². The van der Waals surface area contributed by atoms with Gasteiger partial charge in [0.25, 0.3) is 11.7 Å². The van der Waals surface area contributed by atoms with E-state index in [1.54, 1.807) is 12.1 Å². The number of carboxylic acids is 1. The summed E-state index contributed by atoms with van der Waals surface area (Å²) in [5.41, 5.74) is 10.3. The summed E-state index contributed by atoms with van der Waals surface area (Å²) in [7, 11) is 0. The molecule has 108 valence electrons. The van der Waals surface area contributed by atoms with Crippen molar-refractivity contribution in [3.63, 3.8) is 0 Å². The molecule has 0 saturated carbocycles. The second-order valence-corrected chi connectivity index (χ2v) is 4.07. The monoisotopic (exact) mass is 345 g/mol. The van der Waals surface area contributed by atoms with Crippen molar-refractivity contribution in [3.05, 3.63) is 38.3 Å². The molecule has 0 spiro atoms. The first-order chi connectivity index (χ1) is 9.25. The Morgan fingerprint density at radius 1 is 1.50 bits per heavy atom. The molecule has 9 nitrogen and oxygen atoms in total. The van der Waals surface area contributed by atoms with Gasteiger partial charge in [-0.3, -0.25) is 14.9 Å². The lowest BCUT2D eigenvalue weighted by atomic mass is 10.2. The fourth-order valence-electron chi connectivity index (χ4n) is 0.966. The number of aliphatic carboxylic acids is 1. The van der Waals surface area contributed by atoms with Crippen LogP contribution in [0, 0.1) is 10.1 Å². The standard InChI is InChI=1S/C8H8BrN5O2.C2H4O2/c9-6-2-1-3-7(14(15)16)5(6)4-12-13-8(10)11;1-2(3)4/h1-4H,(H4,10,11,13);1H3,(H,3,4)/b12-4+;. The van der Waals surface area contributed by atoms with E-state index in [9.17, 15) is 10.1 Å². The maximum Gasteiger partial charge on any atom is 0.300 e. The first-order valence-electron chi connectivity index (χ1n) is 5.00. The molecule has 0 unspecified atom stereocenters. The summed E-state index contributed by atoms with van der Waals surface area (Å²) in [5, 5.41) is 25.0. The lowest BCUT2D eigenvalue weighted by Crippen LogP contribution is -2.21. The van der Waals surface area contributed by atoms with E-state index in [0.717, 1.165) is 6.92 Å². The summed E-state index contributed by atoms with van der Waals surface area (Å²) in [5.74, 6) is -1.05. The van der Waals surface area contributed by atoms with Gasteiger partial charge in [0.1, 0.15) is 0 Å². The molecule has 5 N–H and O–H groups in total. The van der Waals surface area contributed by atoms with Crippen LogP contribution in [0.2, 0.25) is 0 Å². The normalized spacial score (nSPS) is 9.50. The van der Waals surface area contributed by atoms with E-state index < -0.39 is 10.9 Å². The maximum atomic E-state index is 10.7.